The predicted octanol–water partition coefficient (Wildman–Crippen LogP) is 1.40. The van der Waals surface area contributed by atoms with Gasteiger partial charge in [-0.1, -0.05) is 0 Å². The van der Waals surface area contributed by atoms with E-state index in [2.05, 4.69) is 5.10 Å². The molecule has 6 nitrogen and oxygen atoms in total. The van der Waals surface area contributed by atoms with E-state index in [-0.39, 0.29) is 18.5 Å². The summed E-state index contributed by atoms with van der Waals surface area (Å²) in [5.41, 5.74) is -0.317. The highest BCUT2D eigenvalue weighted by atomic mass is 16.4. The van der Waals surface area contributed by atoms with Crippen molar-refractivity contribution < 1.29 is 14.7 Å². The van der Waals surface area contributed by atoms with Crippen molar-refractivity contribution in [3.8, 4) is 0 Å². The molecule has 1 aliphatic heterocycles. The second-order valence-corrected chi connectivity index (χ2v) is 5.60. The Morgan fingerprint density at radius 2 is 2.16 bits per heavy atom. The summed E-state index contributed by atoms with van der Waals surface area (Å²) in [5.74, 6) is -0.989. The molecule has 2 rings (SSSR count). The van der Waals surface area contributed by atoms with Crippen LogP contribution in [0.4, 0.5) is 0 Å². The van der Waals surface area contributed by atoms with E-state index in [1.54, 1.807) is 28.8 Å². The topological polar surface area (TPSA) is 75.4 Å². The van der Waals surface area contributed by atoms with Crippen LogP contribution in [0.1, 0.15) is 43.7 Å². The zero-order valence-corrected chi connectivity index (χ0v) is 11.5. The van der Waals surface area contributed by atoms with Crippen LogP contribution in [0.25, 0.3) is 0 Å². The van der Waals surface area contributed by atoms with Crippen LogP contribution in [0.5, 0.6) is 0 Å². The largest absolute Gasteiger partial charge is 0.481 e. The van der Waals surface area contributed by atoms with Crippen LogP contribution >= 0.6 is 0 Å². The predicted molar refractivity (Wildman–Crippen MR) is 68.9 cm³/mol. The van der Waals surface area contributed by atoms with Gasteiger partial charge >= 0.3 is 5.97 Å². The minimum Gasteiger partial charge on any atom is -0.481 e. The molecule has 1 amide bonds. The SMILES string of the molecule is CC(C)n1nccc1C(=O)N1CCC(C)(C(=O)O)C1. The summed E-state index contributed by atoms with van der Waals surface area (Å²) in [7, 11) is 0. The van der Waals surface area contributed by atoms with Gasteiger partial charge in [-0.3, -0.25) is 14.3 Å². The Bertz CT molecular complexity index is 509. The summed E-state index contributed by atoms with van der Waals surface area (Å²) in [4.78, 5) is 25.2. The molecule has 0 aliphatic carbocycles. The van der Waals surface area contributed by atoms with E-state index in [0.717, 1.165) is 0 Å². The Hall–Kier alpha value is -1.85. The van der Waals surface area contributed by atoms with Gasteiger partial charge in [-0.25, -0.2) is 0 Å². The molecule has 0 saturated carbocycles. The quantitative estimate of drug-likeness (QED) is 0.896. The number of aliphatic carboxylic acids is 1. The lowest BCUT2D eigenvalue weighted by molar-refractivity contribution is -0.147. The van der Waals surface area contributed by atoms with Gasteiger partial charge in [0.2, 0.25) is 0 Å². The van der Waals surface area contributed by atoms with E-state index in [1.165, 1.54) is 0 Å². The molecule has 2 heterocycles. The average molecular weight is 265 g/mol. The van der Waals surface area contributed by atoms with E-state index in [4.69, 9.17) is 0 Å². The van der Waals surface area contributed by atoms with Crippen molar-refractivity contribution in [1.82, 2.24) is 14.7 Å². The maximum Gasteiger partial charge on any atom is 0.311 e. The van der Waals surface area contributed by atoms with Gasteiger partial charge in [0.25, 0.3) is 5.91 Å². The van der Waals surface area contributed by atoms with Crippen LogP contribution in [-0.2, 0) is 4.79 Å². The molecular formula is C13H19N3O3. The Morgan fingerprint density at radius 3 is 2.68 bits per heavy atom. The van der Waals surface area contributed by atoms with Crippen molar-refractivity contribution >= 4 is 11.9 Å². The zero-order chi connectivity index (χ0) is 14.2. The van der Waals surface area contributed by atoms with E-state index >= 15 is 0 Å². The molecule has 6 heteroatoms. The molecule has 1 atom stereocenters. The van der Waals surface area contributed by atoms with Crippen LogP contribution < -0.4 is 0 Å². The molecule has 1 aromatic heterocycles. The number of aromatic nitrogens is 2. The van der Waals surface area contributed by atoms with Gasteiger partial charge in [0.05, 0.1) is 5.41 Å². The van der Waals surface area contributed by atoms with Crippen LogP contribution in [0, 0.1) is 5.41 Å². The van der Waals surface area contributed by atoms with E-state index in [1.807, 2.05) is 13.8 Å². The van der Waals surface area contributed by atoms with Crippen LogP contribution in [0.3, 0.4) is 0 Å². The molecule has 1 aliphatic rings. The normalized spacial score (nSPS) is 23.1. The molecule has 0 bridgehead atoms. The summed E-state index contributed by atoms with van der Waals surface area (Å²) in [6, 6.07) is 1.78. The lowest BCUT2D eigenvalue weighted by Gasteiger charge is -2.21. The van der Waals surface area contributed by atoms with Gasteiger partial charge in [-0.05, 0) is 33.3 Å². The molecule has 19 heavy (non-hydrogen) atoms. The van der Waals surface area contributed by atoms with Crippen molar-refractivity contribution in [2.45, 2.75) is 33.2 Å². The number of hydrogen-bond acceptors (Lipinski definition) is 3. The Balaban J connectivity index is 2.18. The number of likely N-dealkylation sites (tertiary alicyclic amines) is 1. The van der Waals surface area contributed by atoms with Gasteiger partial charge in [-0.15, -0.1) is 0 Å². The third-order valence-corrected chi connectivity index (χ3v) is 3.66. The summed E-state index contributed by atoms with van der Waals surface area (Å²) < 4.78 is 1.67. The van der Waals surface area contributed by atoms with Crippen molar-refractivity contribution in [1.29, 1.82) is 0 Å². The van der Waals surface area contributed by atoms with E-state index < -0.39 is 11.4 Å². The molecule has 0 spiro atoms. The van der Waals surface area contributed by atoms with Gasteiger partial charge in [-0.2, -0.15) is 5.10 Å². The second-order valence-electron chi connectivity index (χ2n) is 5.60. The summed E-state index contributed by atoms with van der Waals surface area (Å²) >= 11 is 0. The smallest absolute Gasteiger partial charge is 0.311 e. The third-order valence-electron chi connectivity index (χ3n) is 3.66. The Kier molecular flexibility index (Phi) is 3.34. The lowest BCUT2D eigenvalue weighted by atomic mass is 9.90. The lowest BCUT2D eigenvalue weighted by Crippen LogP contribution is -2.35. The fraction of sp³-hybridized carbons (Fsp3) is 0.615. The molecule has 0 radical (unpaired) electrons. The highest BCUT2D eigenvalue weighted by Gasteiger charge is 2.42. The number of carbonyl (C=O) groups excluding carboxylic acids is 1. The van der Waals surface area contributed by atoms with Gasteiger partial charge in [0, 0.05) is 25.3 Å². The first-order valence-corrected chi connectivity index (χ1v) is 6.41. The number of hydrogen-bond donors (Lipinski definition) is 1. The van der Waals surface area contributed by atoms with Crippen LogP contribution in [-0.4, -0.2) is 44.8 Å². The molecule has 0 aromatic carbocycles. The van der Waals surface area contributed by atoms with Gasteiger partial charge < -0.3 is 10.0 Å². The number of rotatable bonds is 3. The average Bonchev–Trinajstić information content (AvgIpc) is 2.95. The first-order valence-electron chi connectivity index (χ1n) is 6.41. The van der Waals surface area contributed by atoms with Crippen LogP contribution in [0.2, 0.25) is 0 Å². The first-order chi connectivity index (χ1) is 8.85. The third kappa shape index (κ3) is 2.34. The zero-order valence-electron chi connectivity index (χ0n) is 11.5. The number of carbonyl (C=O) groups is 2. The summed E-state index contributed by atoms with van der Waals surface area (Å²) in [6.45, 7) is 6.32. The molecule has 1 fully saturated rings. The highest BCUT2D eigenvalue weighted by Crippen LogP contribution is 2.31. The standard InChI is InChI=1S/C13H19N3O3/c1-9(2)16-10(4-6-14-16)11(17)15-7-5-13(3,8-15)12(18)19/h4,6,9H,5,7-8H2,1-3H3,(H,18,19). The number of nitrogens with zero attached hydrogens (tertiary/aromatic N) is 3. The summed E-state index contributed by atoms with van der Waals surface area (Å²) in [6.07, 6.45) is 2.09. The fourth-order valence-electron chi connectivity index (χ4n) is 2.37. The summed E-state index contributed by atoms with van der Waals surface area (Å²) in [5, 5.41) is 13.3. The maximum absolute atomic E-state index is 12.4. The molecule has 104 valence electrons. The Labute approximate surface area is 112 Å². The molecule has 1 saturated heterocycles. The van der Waals surface area contributed by atoms with Crippen molar-refractivity contribution in [3.63, 3.8) is 0 Å². The minimum atomic E-state index is -0.847. The van der Waals surface area contributed by atoms with Gasteiger partial charge in [0.15, 0.2) is 0 Å². The number of amides is 1. The van der Waals surface area contributed by atoms with Gasteiger partial charge in [0.1, 0.15) is 5.69 Å². The van der Waals surface area contributed by atoms with Crippen LogP contribution in [0.15, 0.2) is 12.3 Å². The number of carboxylic acids is 1. The second kappa shape index (κ2) is 4.68. The Morgan fingerprint density at radius 1 is 1.47 bits per heavy atom. The van der Waals surface area contributed by atoms with E-state index in [0.29, 0.717) is 18.7 Å². The fourth-order valence-corrected chi connectivity index (χ4v) is 2.37. The molecular weight excluding hydrogens is 246 g/mol. The minimum absolute atomic E-state index is 0.0995. The van der Waals surface area contributed by atoms with E-state index in [9.17, 15) is 14.7 Å². The highest BCUT2D eigenvalue weighted by molar-refractivity contribution is 5.93. The van der Waals surface area contributed by atoms with Crippen molar-refractivity contribution in [2.75, 3.05) is 13.1 Å². The number of carboxylic acid groups (broad SMARTS) is 1. The molecule has 1 unspecified atom stereocenters. The van der Waals surface area contributed by atoms with Crippen molar-refractivity contribution in [3.05, 3.63) is 18.0 Å². The first kappa shape index (κ1) is 13.6. The monoisotopic (exact) mass is 265 g/mol. The maximum atomic E-state index is 12.4. The molecule has 1 aromatic rings. The van der Waals surface area contributed by atoms with Crippen molar-refractivity contribution in [2.24, 2.45) is 5.41 Å². The molecule has 1 N–H and O–H groups in total.